The second kappa shape index (κ2) is 4.72. The van der Waals surface area contributed by atoms with Crippen LogP contribution in [0.25, 0.3) is 0 Å². The van der Waals surface area contributed by atoms with Crippen LogP contribution in [0.5, 0.6) is 0 Å². The number of nitrogens with zero attached hydrogens (tertiary/aromatic N) is 1. The molecule has 2 N–H and O–H groups in total. The fourth-order valence-corrected chi connectivity index (χ4v) is 2.84. The van der Waals surface area contributed by atoms with Gasteiger partial charge < -0.3 is 5.73 Å². The lowest BCUT2D eigenvalue weighted by atomic mass is 10.1. The van der Waals surface area contributed by atoms with Crippen molar-refractivity contribution in [3.05, 3.63) is 30.1 Å². The predicted molar refractivity (Wildman–Crippen MR) is 64.5 cm³/mol. The molecule has 0 bridgehead atoms. The molecule has 0 unspecified atom stereocenters. The summed E-state index contributed by atoms with van der Waals surface area (Å²) in [6, 6.07) is 5.30. The highest BCUT2D eigenvalue weighted by molar-refractivity contribution is 7.89. The van der Waals surface area contributed by atoms with Crippen LogP contribution in [0.1, 0.15) is 13.8 Å². The summed E-state index contributed by atoms with van der Waals surface area (Å²) in [4.78, 5) is -0.330. The van der Waals surface area contributed by atoms with Gasteiger partial charge in [-0.3, -0.25) is 0 Å². The van der Waals surface area contributed by atoms with E-state index in [1.165, 1.54) is 25.2 Å². The fourth-order valence-electron chi connectivity index (χ4n) is 1.26. The van der Waals surface area contributed by atoms with Crippen LogP contribution in [0.4, 0.5) is 4.39 Å². The van der Waals surface area contributed by atoms with E-state index in [0.717, 1.165) is 10.4 Å². The normalized spacial score (nSPS) is 13.1. The predicted octanol–water partition coefficient (Wildman–Crippen LogP) is 1.18. The highest BCUT2D eigenvalue weighted by Crippen LogP contribution is 2.23. The molecule has 4 nitrogen and oxygen atoms in total. The van der Waals surface area contributed by atoms with Gasteiger partial charge in [-0.15, -0.1) is 0 Å². The Labute approximate surface area is 101 Å². The van der Waals surface area contributed by atoms with Crippen molar-refractivity contribution in [2.45, 2.75) is 24.3 Å². The molecule has 0 fully saturated rings. The Morgan fingerprint density at radius 2 is 1.88 bits per heavy atom. The van der Waals surface area contributed by atoms with Crippen molar-refractivity contribution < 1.29 is 12.8 Å². The lowest BCUT2D eigenvalue weighted by Gasteiger charge is -2.33. The molecule has 0 saturated carbocycles. The van der Waals surface area contributed by atoms with E-state index in [1.807, 2.05) is 0 Å². The minimum atomic E-state index is -3.86. The van der Waals surface area contributed by atoms with Crippen molar-refractivity contribution in [2.24, 2.45) is 5.73 Å². The molecule has 0 amide bonds. The molecule has 0 atom stereocenters. The Hall–Kier alpha value is -0.980. The average Bonchev–Trinajstić information content (AvgIpc) is 2.28. The van der Waals surface area contributed by atoms with Crippen LogP contribution in [0, 0.1) is 5.82 Å². The summed E-state index contributed by atoms with van der Waals surface area (Å²) in [6.45, 7) is 3.52. The van der Waals surface area contributed by atoms with E-state index in [2.05, 4.69) is 0 Å². The molecule has 0 aliphatic carbocycles. The highest BCUT2D eigenvalue weighted by Gasteiger charge is 2.34. The molecule has 6 heteroatoms. The van der Waals surface area contributed by atoms with Gasteiger partial charge in [0.2, 0.25) is 10.0 Å². The van der Waals surface area contributed by atoms with Gasteiger partial charge in [0.25, 0.3) is 0 Å². The van der Waals surface area contributed by atoms with Gasteiger partial charge in [0.05, 0.1) is 0 Å². The monoisotopic (exact) mass is 260 g/mol. The van der Waals surface area contributed by atoms with Crippen molar-refractivity contribution in [2.75, 3.05) is 13.6 Å². The number of likely N-dealkylation sites (N-methyl/N-ethyl adjacent to an activating group) is 1. The molecule has 1 aromatic carbocycles. The van der Waals surface area contributed by atoms with E-state index in [-0.39, 0.29) is 11.4 Å². The molecule has 1 rings (SSSR count). The molecule has 17 heavy (non-hydrogen) atoms. The van der Waals surface area contributed by atoms with Crippen LogP contribution in [0.3, 0.4) is 0 Å². The summed E-state index contributed by atoms with van der Waals surface area (Å²) in [6.07, 6.45) is 0. The minimum absolute atomic E-state index is 0.150. The lowest BCUT2D eigenvalue weighted by molar-refractivity contribution is 0.273. The summed E-state index contributed by atoms with van der Waals surface area (Å²) >= 11 is 0. The summed E-state index contributed by atoms with van der Waals surface area (Å²) in [5.74, 6) is -0.757. The molecule has 0 aromatic heterocycles. The van der Waals surface area contributed by atoms with Gasteiger partial charge in [-0.25, -0.2) is 12.8 Å². The molecule has 0 saturated heterocycles. The van der Waals surface area contributed by atoms with Crippen molar-refractivity contribution in [1.82, 2.24) is 4.31 Å². The molecule has 1 aromatic rings. The van der Waals surface area contributed by atoms with Crippen molar-refractivity contribution >= 4 is 10.0 Å². The average molecular weight is 260 g/mol. The zero-order chi connectivity index (χ0) is 13.3. The Balaban J connectivity index is 3.26. The SMILES string of the molecule is CN(C(C)(C)CN)S(=O)(=O)c1ccccc1F. The molecule has 0 radical (unpaired) electrons. The van der Waals surface area contributed by atoms with E-state index in [1.54, 1.807) is 13.8 Å². The van der Waals surface area contributed by atoms with E-state index >= 15 is 0 Å². The van der Waals surface area contributed by atoms with Crippen LogP contribution in [0.15, 0.2) is 29.2 Å². The van der Waals surface area contributed by atoms with Crippen LogP contribution < -0.4 is 5.73 Å². The molecule has 0 aliphatic rings. The number of rotatable bonds is 4. The first-order chi connectivity index (χ1) is 7.73. The standard InChI is InChI=1S/C11H17FN2O2S/c1-11(2,8-13)14(3)17(15,16)10-7-5-4-6-9(10)12/h4-7H,8,13H2,1-3H3. The van der Waals surface area contributed by atoms with Gasteiger partial charge in [-0.2, -0.15) is 4.31 Å². The van der Waals surface area contributed by atoms with E-state index in [9.17, 15) is 12.8 Å². The molecule has 0 aliphatic heterocycles. The van der Waals surface area contributed by atoms with Crippen molar-refractivity contribution in [1.29, 1.82) is 0 Å². The maximum Gasteiger partial charge on any atom is 0.246 e. The number of hydrogen-bond donors (Lipinski definition) is 1. The Bertz CT molecular complexity index is 500. The maximum atomic E-state index is 13.5. The summed E-state index contributed by atoms with van der Waals surface area (Å²) < 4.78 is 39.0. The number of benzene rings is 1. The third kappa shape index (κ3) is 2.65. The first-order valence-corrected chi connectivity index (χ1v) is 6.61. The number of halogens is 1. The minimum Gasteiger partial charge on any atom is -0.329 e. The second-order valence-corrected chi connectivity index (χ2v) is 6.36. The van der Waals surface area contributed by atoms with Gasteiger partial charge in [0.15, 0.2) is 0 Å². The molecule has 96 valence electrons. The second-order valence-electron chi connectivity index (χ2n) is 4.42. The van der Waals surface area contributed by atoms with E-state index in [0.29, 0.717) is 0 Å². The van der Waals surface area contributed by atoms with Gasteiger partial charge >= 0.3 is 0 Å². The zero-order valence-corrected chi connectivity index (χ0v) is 11.0. The first kappa shape index (κ1) is 14.1. The topological polar surface area (TPSA) is 63.4 Å². The van der Waals surface area contributed by atoms with Crippen LogP contribution in [0.2, 0.25) is 0 Å². The quantitative estimate of drug-likeness (QED) is 0.884. The summed E-state index contributed by atoms with van der Waals surface area (Å²) in [5, 5.41) is 0. The smallest absolute Gasteiger partial charge is 0.246 e. The zero-order valence-electron chi connectivity index (χ0n) is 10.1. The van der Waals surface area contributed by atoms with E-state index in [4.69, 9.17) is 5.73 Å². The highest BCUT2D eigenvalue weighted by atomic mass is 32.2. The largest absolute Gasteiger partial charge is 0.329 e. The number of hydrogen-bond acceptors (Lipinski definition) is 3. The molecule has 0 heterocycles. The van der Waals surface area contributed by atoms with Crippen LogP contribution >= 0.6 is 0 Å². The maximum absolute atomic E-state index is 13.5. The van der Waals surface area contributed by atoms with Gasteiger partial charge in [-0.1, -0.05) is 12.1 Å². The van der Waals surface area contributed by atoms with Crippen LogP contribution in [-0.2, 0) is 10.0 Å². The summed E-state index contributed by atoms with van der Waals surface area (Å²) in [5.41, 5.74) is 4.76. The molecular formula is C11H17FN2O2S. The molecule has 0 spiro atoms. The Morgan fingerprint density at radius 3 is 2.35 bits per heavy atom. The van der Waals surface area contributed by atoms with Gasteiger partial charge in [0.1, 0.15) is 10.7 Å². The summed E-state index contributed by atoms with van der Waals surface area (Å²) in [7, 11) is -2.46. The number of nitrogens with two attached hydrogens (primary N) is 1. The van der Waals surface area contributed by atoms with Crippen molar-refractivity contribution in [3.8, 4) is 0 Å². The number of sulfonamides is 1. The fraction of sp³-hybridized carbons (Fsp3) is 0.455. The third-order valence-electron chi connectivity index (χ3n) is 2.83. The first-order valence-electron chi connectivity index (χ1n) is 5.17. The van der Waals surface area contributed by atoms with Crippen LogP contribution in [-0.4, -0.2) is 31.9 Å². The van der Waals surface area contributed by atoms with Gasteiger partial charge in [0, 0.05) is 19.1 Å². The van der Waals surface area contributed by atoms with Gasteiger partial charge in [-0.05, 0) is 26.0 Å². The van der Waals surface area contributed by atoms with Crippen molar-refractivity contribution in [3.63, 3.8) is 0 Å². The molecular weight excluding hydrogens is 243 g/mol. The van der Waals surface area contributed by atoms with E-state index < -0.39 is 21.4 Å². The third-order valence-corrected chi connectivity index (χ3v) is 4.93. The Morgan fingerprint density at radius 1 is 1.35 bits per heavy atom. The lowest BCUT2D eigenvalue weighted by Crippen LogP contribution is -2.50. The Kier molecular flexibility index (Phi) is 3.91.